The van der Waals surface area contributed by atoms with Crippen LogP contribution in [0.3, 0.4) is 0 Å². The number of nitriles is 1. The van der Waals surface area contributed by atoms with Crippen LogP contribution in [0.15, 0.2) is 4.99 Å². The monoisotopic (exact) mass is 166 g/mol. The van der Waals surface area contributed by atoms with Crippen LogP contribution in [0.2, 0.25) is 0 Å². The molecule has 1 aliphatic rings. The van der Waals surface area contributed by atoms with Crippen molar-refractivity contribution in [3.8, 4) is 6.19 Å². The van der Waals surface area contributed by atoms with Crippen LogP contribution < -0.4 is 5.73 Å². The van der Waals surface area contributed by atoms with E-state index in [-0.39, 0.29) is 0 Å². The summed E-state index contributed by atoms with van der Waals surface area (Å²) >= 11 is 0. The van der Waals surface area contributed by atoms with Gasteiger partial charge in [0.2, 0.25) is 12.2 Å². The van der Waals surface area contributed by atoms with Crippen molar-refractivity contribution < 1.29 is 0 Å². The van der Waals surface area contributed by atoms with E-state index in [2.05, 4.69) is 11.9 Å². The minimum atomic E-state index is 0.365. The maximum absolute atomic E-state index is 8.28. The molecule has 4 nitrogen and oxygen atoms in total. The summed E-state index contributed by atoms with van der Waals surface area (Å²) < 4.78 is 0. The summed E-state index contributed by atoms with van der Waals surface area (Å²) in [5.74, 6) is 1.14. The fraction of sp³-hybridized carbons (Fsp3) is 0.750. The van der Waals surface area contributed by atoms with E-state index in [4.69, 9.17) is 11.0 Å². The van der Waals surface area contributed by atoms with Crippen molar-refractivity contribution in [3.05, 3.63) is 0 Å². The molecule has 1 aliphatic heterocycles. The molecule has 1 fully saturated rings. The minimum Gasteiger partial charge on any atom is -0.369 e. The molecule has 0 atom stereocenters. The number of piperidine rings is 1. The van der Waals surface area contributed by atoms with Gasteiger partial charge in [-0.1, -0.05) is 6.92 Å². The van der Waals surface area contributed by atoms with E-state index in [0.717, 1.165) is 31.8 Å². The Kier molecular flexibility index (Phi) is 2.92. The first-order valence-electron chi connectivity index (χ1n) is 4.21. The van der Waals surface area contributed by atoms with Crippen molar-refractivity contribution in [1.82, 2.24) is 4.90 Å². The highest BCUT2D eigenvalue weighted by molar-refractivity contribution is 5.78. The molecule has 66 valence electrons. The van der Waals surface area contributed by atoms with Crippen molar-refractivity contribution in [2.45, 2.75) is 19.8 Å². The average molecular weight is 166 g/mol. The molecular formula is C8H14N4. The van der Waals surface area contributed by atoms with Gasteiger partial charge in [0, 0.05) is 13.1 Å². The van der Waals surface area contributed by atoms with E-state index in [1.54, 1.807) is 6.19 Å². The van der Waals surface area contributed by atoms with Gasteiger partial charge in [-0.3, -0.25) is 0 Å². The zero-order valence-electron chi connectivity index (χ0n) is 7.32. The molecule has 2 N–H and O–H groups in total. The standard InChI is InChI=1S/C8H14N4/c1-7-2-4-12(5-3-7)8(10)11-6-9/h7H,2-5H2,1H3,(H2,10,11). The molecule has 0 spiro atoms. The number of hydrogen-bond acceptors (Lipinski definition) is 2. The lowest BCUT2D eigenvalue weighted by atomic mass is 10.00. The fourth-order valence-electron chi connectivity index (χ4n) is 1.36. The van der Waals surface area contributed by atoms with E-state index in [1.165, 1.54) is 0 Å². The highest BCUT2D eigenvalue weighted by Gasteiger charge is 2.16. The van der Waals surface area contributed by atoms with Gasteiger partial charge in [0.05, 0.1) is 0 Å². The third-order valence-electron chi connectivity index (χ3n) is 2.27. The van der Waals surface area contributed by atoms with Gasteiger partial charge in [-0.2, -0.15) is 5.26 Å². The molecule has 0 saturated carbocycles. The normalized spacial score (nSPS) is 20.7. The Bertz CT molecular complexity index is 208. The van der Waals surface area contributed by atoms with E-state index in [9.17, 15) is 0 Å². The molecule has 1 rings (SSSR count). The van der Waals surface area contributed by atoms with Gasteiger partial charge in [0.25, 0.3) is 0 Å². The van der Waals surface area contributed by atoms with Gasteiger partial charge in [-0.15, -0.1) is 4.99 Å². The summed E-state index contributed by atoms with van der Waals surface area (Å²) in [6.45, 7) is 4.09. The van der Waals surface area contributed by atoms with Crippen molar-refractivity contribution in [3.63, 3.8) is 0 Å². The maximum Gasteiger partial charge on any atom is 0.209 e. The quantitative estimate of drug-likeness (QED) is 0.324. The molecule has 0 aromatic carbocycles. The van der Waals surface area contributed by atoms with Crippen LogP contribution in [-0.4, -0.2) is 23.9 Å². The Labute approximate surface area is 72.7 Å². The molecule has 0 aliphatic carbocycles. The first kappa shape index (κ1) is 8.85. The van der Waals surface area contributed by atoms with Crippen LogP contribution in [0.5, 0.6) is 0 Å². The first-order valence-corrected chi connectivity index (χ1v) is 4.21. The van der Waals surface area contributed by atoms with E-state index >= 15 is 0 Å². The highest BCUT2D eigenvalue weighted by Crippen LogP contribution is 2.15. The zero-order chi connectivity index (χ0) is 8.97. The van der Waals surface area contributed by atoms with Gasteiger partial charge >= 0.3 is 0 Å². The van der Waals surface area contributed by atoms with Crippen molar-refractivity contribution >= 4 is 5.96 Å². The molecule has 0 aromatic rings. The van der Waals surface area contributed by atoms with Gasteiger partial charge < -0.3 is 10.6 Å². The van der Waals surface area contributed by atoms with E-state index in [0.29, 0.717) is 5.96 Å². The number of nitrogens with two attached hydrogens (primary N) is 1. The number of likely N-dealkylation sites (tertiary alicyclic amines) is 1. The van der Waals surface area contributed by atoms with Gasteiger partial charge in [0.1, 0.15) is 0 Å². The average Bonchev–Trinajstić information content (AvgIpc) is 2.06. The van der Waals surface area contributed by atoms with Crippen LogP contribution >= 0.6 is 0 Å². The summed E-state index contributed by atoms with van der Waals surface area (Å²) in [4.78, 5) is 5.46. The lowest BCUT2D eigenvalue weighted by Gasteiger charge is -2.30. The second-order valence-electron chi connectivity index (χ2n) is 3.24. The molecule has 0 bridgehead atoms. The van der Waals surface area contributed by atoms with Crippen LogP contribution in [-0.2, 0) is 0 Å². The topological polar surface area (TPSA) is 65.4 Å². The fourth-order valence-corrected chi connectivity index (χ4v) is 1.36. The minimum absolute atomic E-state index is 0.365. The maximum atomic E-state index is 8.28. The second-order valence-corrected chi connectivity index (χ2v) is 3.24. The number of rotatable bonds is 0. The summed E-state index contributed by atoms with van der Waals surface area (Å²) in [7, 11) is 0. The number of aliphatic imine (C=N–C) groups is 1. The molecule has 0 amide bonds. The predicted molar refractivity (Wildman–Crippen MR) is 47.2 cm³/mol. The largest absolute Gasteiger partial charge is 0.369 e. The Morgan fingerprint density at radius 1 is 1.58 bits per heavy atom. The first-order chi connectivity index (χ1) is 5.74. The number of nitrogens with zero attached hydrogens (tertiary/aromatic N) is 3. The third-order valence-corrected chi connectivity index (χ3v) is 2.27. The van der Waals surface area contributed by atoms with Crippen molar-refractivity contribution in [1.29, 1.82) is 5.26 Å². The number of guanidine groups is 1. The Morgan fingerprint density at radius 3 is 2.67 bits per heavy atom. The van der Waals surface area contributed by atoms with Crippen molar-refractivity contribution in [2.24, 2.45) is 16.6 Å². The SMILES string of the molecule is CC1CCN(C(N)=NC#N)CC1. The molecule has 1 saturated heterocycles. The highest BCUT2D eigenvalue weighted by atomic mass is 15.2. The van der Waals surface area contributed by atoms with Crippen LogP contribution in [0.1, 0.15) is 19.8 Å². The smallest absolute Gasteiger partial charge is 0.209 e. The lowest BCUT2D eigenvalue weighted by molar-refractivity contribution is 0.278. The predicted octanol–water partition coefficient (Wildman–Crippen LogP) is 0.514. The van der Waals surface area contributed by atoms with Crippen LogP contribution in [0.25, 0.3) is 0 Å². The zero-order valence-corrected chi connectivity index (χ0v) is 7.32. The molecule has 12 heavy (non-hydrogen) atoms. The summed E-state index contributed by atoms with van der Waals surface area (Å²) in [6, 6.07) is 0. The molecule has 0 radical (unpaired) electrons. The summed E-state index contributed by atoms with van der Waals surface area (Å²) in [5, 5.41) is 8.28. The molecule has 4 heteroatoms. The third kappa shape index (κ3) is 2.12. The summed E-state index contributed by atoms with van der Waals surface area (Å²) in [5.41, 5.74) is 5.56. The second kappa shape index (κ2) is 3.96. The molecular weight excluding hydrogens is 152 g/mol. The van der Waals surface area contributed by atoms with Gasteiger partial charge in [0.15, 0.2) is 0 Å². The number of hydrogen-bond donors (Lipinski definition) is 1. The van der Waals surface area contributed by atoms with Crippen molar-refractivity contribution in [2.75, 3.05) is 13.1 Å². The van der Waals surface area contributed by atoms with Crippen LogP contribution in [0.4, 0.5) is 0 Å². The lowest BCUT2D eigenvalue weighted by Crippen LogP contribution is -2.42. The Balaban J connectivity index is 2.45. The molecule has 1 heterocycles. The Morgan fingerprint density at radius 2 is 2.17 bits per heavy atom. The molecule has 0 aromatic heterocycles. The molecule has 0 unspecified atom stereocenters. The van der Waals surface area contributed by atoms with Gasteiger partial charge in [-0.25, -0.2) is 0 Å². The van der Waals surface area contributed by atoms with E-state index < -0.39 is 0 Å². The summed E-state index contributed by atoms with van der Waals surface area (Å²) in [6.07, 6.45) is 3.98. The van der Waals surface area contributed by atoms with E-state index in [1.807, 2.05) is 4.90 Å². The van der Waals surface area contributed by atoms with Gasteiger partial charge in [-0.05, 0) is 18.8 Å². The van der Waals surface area contributed by atoms with Crippen LogP contribution in [0, 0.1) is 17.4 Å². The Hall–Kier alpha value is -1.24.